The van der Waals surface area contributed by atoms with E-state index < -0.39 is 5.97 Å². The van der Waals surface area contributed by atoms with Crippen molar-refractivity contribution in [2.45, 2.75) is 32.0 Å². The van der Waals surface area contributed by atoms with Crippen molar-refractivity contribution in [1.29, 1.82) is 0 Å². The number of aliphatic carboxylic acids is 1. The highest BCUT2D eigenvalue weighted by atomic mass is 35.5. The normalized spacial score (nSPS) is 16.3. The zero-order valence-corrected chi connectivity index (χ0v) is 15.0. The van der Waals surface area contributed by atoms with Crippen LogP contribution in [-0.2, 0) is 29.0 Å². The quantitative estimate of drug-likeness (QED) is 0.799. The summed E-state index contributed by atoms with van der Waals surface area (Å²) < 4.78 is 11.3. The minimum atomic E-state index is -0.936. The number of rotatable bonds is 6. The second-order valence-electron chi connectivity index (χ2n) is 6.00. The first kappa shape index (κ1) is 18.1. The maximum Gasteiger partial charge on any atom is 0.329 e. The Labute approximate surface area is 156 Å². The Morgan fingerprint density at radius 1 is 1.20 bits per heavy atom. The Hall–Kier alpha value is -1.75. The van der Waals surface area contributed by atoms with Crippen LogP contribution in [0.3, 0.4) is 0 Å². The fourth-order valence-corrected chi connectivity index (χ4v) is 3.31. The van der Waals surface area contributed by atoms with Crippen LogP contribution in [0.2, 0.25) is 10.0 Å². The number of carboxylic acid groups (broad SMARTS) is 1. The lowest BCUT2D eigenvalue weighted by Gasteiger charge is -2.24. The standard InChI is InChI=1S/C19H18Cl2O4/c20-17-3-1-2-14(19(17)21)10-24-15-6-4-13-9-16(25-11-18(22)23)7-5-12(13)8-15/h1-4,6,8,16H,5,7,9-11H2,(H,22,23). The summed E-state index contributed by atoms with van der Waals surface area (Å²) >= 11 is 12.2. The summed E-state index contributed by atoms with van der Waals surface area (Å²) in [4.78, 5) is 10.6. The second-order valence-corrected chi connectivity index (χ2v) is 6.79. The molecule has 0 aliphatic heterocycles. The molecule has 0 saturated carbocycles. The molecule has 1 N–H and O–H groups in total. The van der Waals surface area contributed by atoms with E-state index in [9.17, 15) is 4.79 Å². The zero-order valence-electron chi connectivity index (χ0n) is 13.5. The average molecular weight is 381 g/mol. The smallest absolute Gasteiger partial charge is 0.329 e. The van der Waals surface area contributed by atoms with E-state index in [1.807, 2.05) is 30.3 Å². The number of halogens is 2. The molecule has 1 atom stereocenters. The molecule has 6 heteroatoms. The van der Waals surface area contributed by atoms with Gasteiger partial charge < -0.3 is 14.6 Å². The molecule has 2 aromatic carbocycles. The molecule has 0 bridgehead atoms. The molecule has 4 nitrogen and oxygen atoms in total. The summed E-state index contributed by atoms with van der Waals surface area (Å²) in [7, 11) is 0. The monoisotopic (exact) mass is 380 g/mol. The van der Waals surface area contributed by atoms with Gasteiger partial charge in [-0.25, -0.2) is 4.79 Å². The number of hydrogen-bond acceptors (Lipinski definition) is 3. The van der Waals surface area contributed by atoms with Crippen molar-refractivity contribution in [2.75, 3.05) is 6.61 Å². The number of aryl methyl sites for hydroxylation is 1. The third-order valence-electron chi connectivity index (χ3n) is 4.23. The maximum atomic E-state index is 10.6. The van der Waals surface area contributed by atoms with E-state index in [1.54, 1.807) is 6.07 Å². The van der Waals surface area contributed by atoms with E-state index in [4.69, 9.17) is 37.8 Å². The van der Waals surface area contributed by atoms with E-state index in [2.05, 4.69) is 0 Å². The predicted octanol–water partition coefficient (Wildman–Crippen LogP) is 4.53. The first-order chi connectivity index (χ1) is 12.0. The Bertz CT molecular complexity index is 776. The largest absolute Gasteiger partial charge is 0.489 e. The van der Waals surface area contributed by atoms with Gasteiger partial charge in [0.2, 0.25) is 0 Å². The predicted molar refractivity (Wildman–Crippen MR) is 96.6 cm³/mol. The van der Waals surface area contributed by atoms with Crippen LogP contribution in [0.15, 0.2) is 36.4 Å². The lowest BCUT2D eigenvalue weighted by molar-refractivity contribution is -0.144. The van der Waals surface area contributed by atoms with Crippen LogP contribution in [0.4, 0.5) is 0 Å². The van der Waals surface area contributed by atoms with Gasteiger partial charge in [0.25, 0.3) is 0 Å². The molecule has 0 fully saturated rings. The van der Waals surface area contributed by atoms with Crippen LogP contribution in [-0.4, -0.2) is 23.8 Å². The first-order valence-corrected chi connectivity index (χ1v) is 8.79. The molecular formula is C19H18Cl2O4. The molecule has 1 aliphatic rings. The van der Waals surface area contributed by atoms with Gasteiger partial charge >= 0.3 is 5.97 Å². The highest BCUT2D eigenvalue weighted by Gasteiger charge is 2.20. The lowest BCUT2D eigenvalue weighted by Crippen LogP contribution is -2.25. The zero-order chi connectivity index (χ0) is 17.8. The number of fused-ring (bicyclic) bond motifs is 1. The molecule has 1 unspecified atom stereocenters. The van der Waals surface area contributed by atoms with Gasteiger partial charge in [-0.05, 0) is 48.6 Å². The second kappa shape index (κ2) is 8.09. The van der Waals surface area contributed by atoms with Crippen molar-refractivity contribution in [3.63, 3.8) is 0 Å². The topological polar surface area (TPSA) is 55.8 Å². The van der Waals surface area contributed by atoms with Crippen LogP contribution in [0.1, 0.15) is 23.1 Å². The molecule has 25 heavy (non-hydrogen) atoms. The highest BCUT2D eigenvalue weighted by molar-refractivity contribution is 6.42. The van der Waals surface area contributed by atoms with Gasteiger partial charge in [-0.1, -0.05) is 41.4 Å². The van der Waals surface area contributed by atoms with Crippen molar-refractivity contribution >= 4 is 29.2 Å². The molecule has 132 valence electrons. The van der Waals surface area contributed by atoms with Crippen LogP contribution in [0, 0.1) is 0 Å². The molecule has 0 spiro atoms. The van der Waals surface area contributed by atoms with Gasteiger partial charge in [-0.15, -0.1) is 0 Å². The summed E-state index contributed by atoms with van der Waals surface area (Å²) in [5.41, 5.74) is 3.23. The maximum absolute atomic E-state index is 10.6. The van der Waals surface area contributed by atoms with Crippen molar-refractivity contribution < 1.29 is 19.4 Å². The van der Waals surface area contributed by atoms with E-state index in [0.29, 0.717) is 16.7 Å². The lowest BCUT2D eigenvalue weighted by atomic mass is 9.89. The van der Waals surface area contributed by atoms with Crippen LogP contribution in [0.5, 0.6) is 5.75 Å². The average Bonchev–Trinajstić information content (AvgIpc) is 2.61. The third-order valence-corrected chi connectivity index (χ3v) is 5.09. The number of hydrogen-bond donors (Lipinski definition) is 1. The number of carboxylic acids is 1. The molecule has 0 amide bonds. The van der Waals surface area contributed by atoms with Crippen molar-refractivity contribution in [1.82, 2.24) is 0 Å². The van der Waals surface area contributed by atoms with Gasteiger partial charge in [-0.3, -0.25) is 0 Å². The number of carbonyl (C=O) groups is 1. The van der Waals surface area contributed by atoms with E-state index in [1.165, 1.54) is 11.1 Å². The van der Waals surface area contributed by atoms with Gasteiger partial charge in [0, 0.05) is 5.56 Å². The van der Waals surface area contributed by atoms with Crippen LogP contribution >= 0.6 is 23.2 Å². The fourth-order valence-electron chi connectivity index (χ4n) is 2.94. The molecule has 0 heterocycles. The third kappa shape index (κ3) is 4.66. The van der Waals surface area contributed by atoms with E-state index in [-0.39, 0.29) is 12.7 Å². The summed E-state index contributed by atoms with van der Waals surface area (Å²) in [5, 5.41) is 9.74. The van der Waals surface area contributed by atoms with Crippen molar-refractivity contribution in [2.24, 2.45) is 0 Å². The Morgan fingerprint density at radius 3 is 2.84 bits per heavy atom. The highest BCUT2D eigenvalue weighted by Crippen LogP contribution is 2.29. The summed E-state index contributed by atoms with van der Waals surface area (Å²) in [6.07, 6.45) is 2.34. The van der Waals surface area contributed by atoms with Crippen molar-refractivity contribution in [3.05, 3.63) is 63.1 Å². The van der Waals surface area contributed by atoms with Crippen molar-refractivity contribution in [3.8, 4) is 5.75 Å². The molecule has 3 rings (SSSR count). The van der Waals surface area contributed by atoms with Gasteiger partial charge in [0.15, 0.2) is 0 Å². The first-order valence-electron chi connectivity index (χ1n) is 8.04. The Morgan fingerprint density at radius 2 is 2.04 bits per heavy atom. The molecule has 0 radical (unpaired) electrons. The molecule has 0 saturated heterocycles. The SMILES string of the molecule is O=C(O)COC1CCc2cc(OCc3cccc(Cl)c3Cl)ccc2C1. The fraction of sp³-hybridized carbons (Fsp3) is 0.316. The van der Waals surface area contributed by atoms with Gasteiger partial charge in [-0.2, -0.15) is 0 Å². The summed E-state index contributed by atoms with van der Waals surface area (Å²) in [6.45, 7) is 0.101. The minimum Gasteiger partial charge on any atom is -0.489 e. The van der Waals surface area contributed by atoms with E-state index >= 15 is 0 Å². The van der Waals surface area contributed by atoms with Gasteiger partial charge in [0.05, 0.1) is 16.1 Å². The molecule has 0 aromatic heterocycles. The minimum absolute atomic E-state index is 0.0411. The van der Waals surface area contributed by atoms with Crippen LogP contribution in [0.25, 0.3) is 0 Å². The van der Waals surface area contributed by atoms with E-state index in [0.717, 1.165) is 30.6 Å². The summed E-state index contributed by atoms with van der Waals surface area (Å²) in [6, 6.07) is 11.4. The number of benzene rings is 2. The Kier molecular flexibility index (Phi) is 5.84. The molecule has 2 aromatic rings. The Balaban J connectivity index is 1.62. The van der Waals surface area contributed by atoms with Crippen LogP contribution < -0.4 is 4.74 Å². The van der Waals surface area contributed by atoms with Gasteiger partial charge in [0.1, 0.15) is 19.0 Å². The summed E-state index contributed by atoms with van der Waals surface area (Å²) in [5.74, 6) is -0.158. The molecule has 1 aliphatic carbocycles. The number of ether oxygens (including phenoxy) is 2. The molecular weight excluding hydrogens is 363 g/mol.